The Morgan fingerprint density at radius 1 is 1.53 bits per heavy atom. The highest BCUT2D eigenvalue weighted by Crippen LogP contribution is 2.04. The molecule has 0 saturated heterocycles. The number of hydrogen-bond acceptors (Lipinski definition) is 3. The fourth-order valence-electron chi connectivity index (χ4n) is 1.49. The number of amides is 1. The number of pyridine rings is 1. The zero-order valence-electron chi connectivity index (χ0n) is 10.5. The third-order valence-electron chi connectivity index (χ3n) is 2.97. The lowest BCUT2D eigenvalue weighted by atomic mass is 9.99. The molecule has 0 aliphatic heterocycles. The van der Waals surface area contributed by atoms with Crippen molar-refractivity contribution >= 4 is 5.91 Å². The first-order chi connectivity index (χ1) is 8.15. The van der Waals surface area contributed by atoms with Crippen LogP contribution < -0.4 is 11.1 Å². The molecular weight excluding hydrogens is 214 g/mol. The largest absolute Gasteiger partial charge is 0.354 e. The number of carbonyl (C=O) groups excluding carboxylic acids is 1. The molecule has 1 amide bonds. The topological polar surface area (TPSA) is 68.0 Å². The third kappa shape index (κ3) is 4.53. The SMILES string of the molecule is CCC(C)C(N)C(=O)NCCc1ccccn1. The molecule has 0 bridgehead atoms. The third-order valence-corrected chi connectivity index (χ3v) is 2.97. The molecule has 3 N–H and O–H groups in total. The second-order valence-corrected chi connectivity index (χ2v) is 4.27. The summed E-state index contributed by atoms with van der Waals surface area (Å²) in [7, 11) is 0. The van der Waals surface area contributed by atoms with Crippen molar-refractivity contribution in [2.24, 2.45) is 11.7 Å². The number of nitrogens with zero attached hydrogens (tertiary/aromatic N) is 1. The van der Waals surface area contributed by atoms with Crippen LogP contribution in [0.2, 0.25) is 0 Å². The van der Waals surface area contributed by atoms with Gasteiger partial charge in [-0.15, -0.1) is 0 Å². The van der Waals surface area contributed by atoms with Crippen molar-refractivity contribution < 1.29 is 4.79 Å². The van der Waals surface area contributed by atoms with Crippen molar-refractivity contribution in [3.8, 4) is 0 Å². The van der Waals surface area contributed by atoms with Crippen LogP contribution in [0.4, 0.5) is 0 Å². The van der Waals surface area contributed by atoms with Crippen molar-refractivity contribution in [3.63, 3.8) is 0 Å². The van der Waals surface area contributed by atoms with E-state index in [0.29, 0.717) is 6.54 Å². The zero-order chi connectivity index (χ0) is 12.7. The van der Waals surface area contributed by atoms with Gasteiger partial charge in [0.25, 0.3) is 0 Å². The lowest BCUT2D eigenvalue weighted by molar-refractivity contribution is -0.123. The van der Waals surface area contributed by atoms with E-state index in [0.717, 1.165) is 18.5 Å². The van der Waals surface area contributed by atoms with Gasteiger partial charge in [0.05, 0.1) is 6.04 Å². The van der Waals surface area contributed by atoms with E-state index in [1.807, 2.05) is 32.0 Å². The number of nitrogens with two attached hydrogens (primary N) is 1. The zero-order valence-corrected chi connectivity index (χ0v) is 10.5. The van der Waals surface area contributed by atoms with Crippen molar-refractivity contribution in [1.82, 2.24) is 10.3 Å². The molecule has 0 saturated carbocycles. The van der Waals surface area contributed by atoms with Crippen LogP contribution in [0.15, 0.2) is 24.4 Å². The summed E-state index contributed by atoms with van der Waals surface area (Å²) in [6.07, 6.45) is 3.40. The first kappa shape index (κ1) is 13.6. The van der Waals surface area contributed by atoms with E-state index in [-0.39, 0.29) is 11.8 Å². The normalized spacial score (nSPS) is 14.1. The second kappa shape index (κ2) is 7.01. The fourth-order valence-corrected chi connectivity index (χ4v) is 1.49. The summed E-state index contributed by atoms with van der Waals surface area (Å²) in [5, 5.41) is 2.84. The average molecular weight is 235 g/mol. The minimum atomic E-state index is -0.413. The molecule has 4 nitrogen and oxygen atoms in total. The van der Waals surface area contributed by atoms with Gasteiger partial charge in [0, 0.05) is 24.9 Å². The second-order valence-electron chi connectivity index (χ2n) is 4.27. The van der Waals surface area contributed by atoms with Crippen LogP contribution in [-0.2, 0) is 11.2 Å². The molecule has 4 heteroatoms. The Bertz CT molecular complexity index is 340. The Morgan fingerprint density at radius 2 is 2.29 bits per heavy atom. The summed E-state index contributed by atoms with van der Waals surface area (Å²) in [5.74, 6) is 0.139. The first-order valence-corrected chi connectivity index (χ1v) is 6.08. The fraction of sp³-hybridized carbons (Fsp3) is 0.538. The van der Waals surface area contributed by atoms with E-state index in [4.69, 9.17) is 5.73 Å². The van der Waals surface area contributed by atoms with Gasteiger partial charge < -0.3 is 11.1 Å². The summed E-state index contributed by atoms with van der Waals surface area (Å²) >= 11 is 0. The van der Waals surface area contributed by atoms with Crippen LogP contribution in [-0.4, -0.2) is 23.5 Å². The van der Waals surface area contributed by atoms with Gasteiger partial charge >= 0.3 is 0 Å². The van der Waals surface area contributed by atoms with Crippen LogP contribution in [0.25, 0.3) is 0 Å². The van der Waals surface area contributed by atoms with Crippen LogP contribution in [0, 0.1) is 5.92 Å². The Morgan fingerprint density at radius 3 is 2.88 bits per heavy atom. The molecule has 0 aliphatic carbocycles. The maximum atomic E-state index is 11.7. The highest BCUT2D eigenvalue weighted by molar-refractivity contribution is 5.81. The van der Waals surface area contributed by atoms with Gasteiger partial charge in [0.1, 0.15) is 0 Å². The smallest absolute Gasteiger partial charge is 0.237 e. The van der Waals surface area contributed by atoms with Crippen molar-refractivity contribution in [3.05, 3.63) is 30.1 Å². The van der Waals surface area contributed by atoms with Crippen molar-refractivity contribution in [2.45, 2.75) is 32.7 Å². The van der Waals surface area contributed by atoms with Crippen LogP contribution in [0.1, 0.15) is 26.0 Å². The van der Waals surface area contributed by atoms with E-state index in [1.165, 1.54) is 0 Å². The number of carbonyl (C=O) groups is 1. The lowest BCUT2D eigenvalue weighted by Crippen LogP contribution is -2.45. The number of hydrogen-bond donors (Lipinski definition) is 2. The highest BCUT2D eigenvalue weighted by atomic mass is 16.2. The van der Waals surface area contributed by atoms with Gasteiger partial charge in [0.2, 0.25) is 5.91 Å². The van der Waals surface area contributed by atoms with Gasteiger partial charge in [-0.25, -0.2) is 0 Å². The average Bonchev–Trinajstić information content (AvgIpc) is 2.38. The maximum Gasteiger partial charge on any atom is 0.237 e. The molecule has 0 aliphatic rings. The maximum absolute atomic E-state index is 11.7. The minimum absolute atomic E-state index is 0.0738. The Kier molecular flexibility index (Phi) is 5.63. The molecule has 0 fully saturated rings. The molecule has 0 radical (unpaired) electrons. The minimum Gasteiger partial charge on any atom is -0.354 e. The Balaban J connectivity index is 2.29. The first-order valence-electron chi connectivity index (χ1n) is 6.08. The van der Waals surface area contributed by atoms with Crippen LogP contribution in [0.5, 0.6) is 0 Å². The Labute approximate surface area is 103 Å². The van der Waals surface area contributed by atoms with Crippen LogP contribution >= 0.6 is 0 Å². The van der Waals surface area contributed by atoms with Crippen molar-refractivity contribution in [1.29, 1.82) is 0 Å². The number of aromatic nitrogens is 1. The van der Waals surface area contributed by atoms with Gasteiger partial charge in [-0.05, 0) is 18.1 Å². The van der Waals surface area contributed by atoms with E-state index in [1.54, 1.807) is 6.20 Å². The van der Waals surface area contributed by atoms with Gasteiger partial charge in [-0.2, -0.15) is 0 Å². The van der Waals surface area contributed by atoms with E-state index >= 15 is 0 Å². The van der Waals surface area contributed by atoms with Gasteiger partial charge in [-0.3, -0.25) is 9.78 Å². The van der Waals surface area contributed by atoms with E-state index in [2.05, 4.69) is 10.3 Å². The number of rotatable bonds is 6. The lowest BCUT2D eigenvalue weighted by Gasteiger charge is -2.17. The van der Waals surface area contributed by atoms with E-state index in [9.17, 15) is 4.79 Å². The van der Waals surface area contributed by atoms with Gasteiger partial charge in [-0.1, -0.05) is 26.3 Å². The van der Waals surface area contributed by atoms with E-state index < -0.39 is 6.04 Å². The van der Waals surface area contributed by atoms with Crippen molar-refractivity contribution in [2.75, 3.05) is 6.54 Å². The summed E-state index contributed by atoms with van der Waals surface area (Å²) in [6.45, 7) is 4.61. The summed E-state index contributed by atoms with van der Waals surface area (Å²) in [4.78, 5) is 15.9. The molecule has 94 valence electrons. The molecule has 0 aromatic carbocycles. The molecule has 2 unspecified atom stereocenters. The summed E-state index contributed by atoms with van der Waals surface area (Å²) in [5.41, 5.74) is 6.80. The molecule has 1 aromatic rings. The number of nitrogens with one attached hydrogen (secondary N) is 1. The van der Waals surface area contributed by atoms with Crippen LogP contribution in [0.3, 0.4) is 0 Å². The molecule has 1 aromatic heterocycles. The molecule has 1 rings (SSSR count). The quantitative estimate of drug-likeness (QED) is 0.776. The summed E-state index contributed by atoms with van der Waals surface area (Å²) in [6, 6.07) is 5.35. The standard InChI is InChI=1S/C13H21N3O/c1-3-10(2)12(14)13(17)16-9-7-11-6-4-5-8-15-11/h4-6,8,10,12H,3,7,9,14H2,1-2H3,(H,16,17). The molecular formula is C13H21N3O. The summed E-state index contributed by atoms with van der Waals surface area (Å²) < 4.78 is 0. The molecule has 2 atom stereocenters. The predicted molar refractivity (Wildman–Crippen MR) is 68.4 cm³/mol. The highest BCUT2D eigenvalue weighted by Gasteiger charge is 2.18. The molecule has 17 heavy (non-hydrogen) atoms. The molecule has 1 heterocycles. The van der Waals surface area contributed by atoms with Gasteiger partial charge in [0.15, 0.2) is 0 Å². The monoisotopic (exact) mass is 235 g/mol. The Hall–Kier alpha value is -1.42. The predicted octanol–water partition coefficient (Wildman–Crippen LogP) is 1.11. The molecule has 0 spiro atoms.